The summed E-state index contributed by atoms with van der Waals surface area (Å²) in [5.41, 5.74) is 7.21. The van der Waals surface area contributed by atoms with Crippen molar-refractivity contribution in [2.24, 2.45) is 5.73 Å². The Morgan fingerprint density at radius 2 is 2.05 bits per heavy atom. The second-order valence-corrected chi connectivity index (χ2v) is 4.78. The van der Waals surface area contributed by atoms with Crippen molar-refractivity contribution in [1.29, 1.82) is 0 Å². The Balaban J connectivity index is 2.18. The average molecular weight is 293 g/mol. The minimum Gasteiger partial charge on any atom is -0.389 e. The number of hydrogen-bond acceptors (Lipinski definition) is 3. The number of aryl methyl sites for hydroxylation is 1. The smallest absolute Gasteiger partial charge is 0.128 e. The van der Waals surface area contributed by atoms with Gasteiger partial charge in [0, 0.05) is 23.4 Å². The van der Waals surface area contributed by atoms with Crippen LogP contribution in [-0.4, -0.2) is 9.97 Å². The zero-order valence-corrected chi connectivity index (χ0v) is 11.6. The molecule has 1 aromatic carbocycles. The first-order valence-corrected chi connectivity index (χ1v) is 6.33. The van der Waals surface area contributed by atoms with E-state index in [1.54, 1.807) is 19.1 Å². The van der Waals surface area contributed by atoms with E-state index in [9.17, 15) is 8.78 Å². The van der Waals surface area contributed by atoms with Gasteiger partial charge >= 0.3 is 0 Å². The molecule has 0 aliphatic rings. The predicted octanol–water partition coefficient (Wildman–Crippen LogP) is 2.91. The number of pyridine rings is 1. The zero-order chi connectivity index (χ0) is 14.7. The minimum atomic E-state index is -0.482. The van der Waals surface area contributed by atoms with Crippen molar-refractivity contribution < 1.29 is 8.78 Å². The van der Waals surface area contributed by atoms with Crippen molar-refractivity contribution in [1.82, 2.24) is 4.98 Å². The summed E-state index contributed by atoms with van der Waals surface area (Å²) < 4.78 is 26.6. The lowest BCUT2D eigenvalue weighted by Gasteiger charge is -2.09. The summed E-state index contributed by atoms with van der Waals surface area (Å²) >= 11 is 4.91. The summed E-state index contributed by atoms with van der Waals surface area (Å²) in [6.07, 6.45) is 0. The molecule has 0 aliphatic carbocycles. The number of anilines is 1. The van der Waals surface area contributed by atoms with Gasteiger partial charge in [-0.15, -0.1) is 0 Å². The van der Waals surface area contributed by atoms with Crippen molar-refractivity contribution in [2.45, 2.75) is 13.5 Å². The Bertz CT molecular complexity index is 659. The number of nitrogens with zero attached hydrogens (tertiary/aromatic N) is 1. The molecule has 0 aliphatic heterocycles. The maximum absolute atomic E-state index is 13.5. The van der Waals surface area contributed by atoms with Crippen LogP contribution >= 0.6 is 12.2 Å². The van der Waals surface area contributed by atoms with Crippen LogP contribution in [-0.2, 0) is 6.54 Å². The van der Waals surface area contributed by atoms with Crippen LogP contribution in [0.15, 0.2) is 30.3 Å². The molecule has 0 amide bonds. The molecule has 6 heteroatoms. The van der Waals surface area contributed by atoms with Gasteiger partial charge in [0.2, 0.25) is 0 Å². The largest absolute Gasteiger partial charge is 0.389 e. The van der Waals surface area contributed by atoms with E-state index in [4.69, 9.17) is 18.0 Å². The SMILES string of the molecule is Cc1cc(C(N)=S)cc(NCc2cc(F)ccc2F)n1. The number of rotatable bonds is 4. The van der Waals surface area contributed by atoms with Crippen LogP contribution in [0.1, 0.15) is 16.8 Å². The number of aromatic nitrogens is 1. The van der Waals surface area contributed by atoms with Gasteiger partial charge in [0.25, 0.3) is 0 Å². The topological polar surface area (TPSA) is 50.9 Å². The molecule has 1 aromatic heterocycles. The molecule has 0 fully saturated rings. The van der Waals surface area contributed by atoms with Crippen LogP contribution in [0.25, 0.3) is 0 Å². The van der Waals surface area contributed by atoms with E-state index < -0.39 is 11.6 Å². The van der Waals surface area contributed by atoms with E-state index >= 15 is 0 Å². The van der Waals surface area contributed by atoms with E-state index in [0.717, 1.165) is 23.9 Å². The van der Waals surface area contributed by atoms with E-state index in [1.807, 2.05) is 0 Å². The predicted molar refractivity (Wildman–Crippen MR) is 78.5 cm³/mol. The molecule has 3 nitrogen and oxygen atoms in total. The summed E-state index contributed by atoms with van der Waals surface area (Å²) in [4.78, 5) is 4.50. The second kappa shape index (κ2) is 5.92. The minimum absolute atomic E-state index is 0.122. The number of nitrogens with one attached hydrogen (secondary N) is 1. The van der Waals surface area contributed by atoms with Crippen LogP contribution in [0.5, 0.6) is 0 Å². The molecule has 2 aromatic rings. The number of nitrogens with two attached hydrogens (primary N) is 1. The van der Waals surface area contributed by atoms with Gasteiger partial charge in [-0.3, -0.25) is 0 Å². The van der Waals surface area contributed by atoms with E-state index in [2.05, 4.69) is 10.3 Å². The van der Waals surface area contributed by atoms with Gasteiger partial charge in [0.15, 0.2) is 0 Å². The molecule has 0 unspecified atom stereocenters. The lowest BCUT2D eigenvalue weighted by molar-refractivity contribution is 0.587. The Hall–Kier alpha value is -2.08. The summed E-state index contributed by atoms with van der Waals surface area (Å²) in [7, 11) is 0. The highest BCUT2D eigenvalue weighted by Gasteiger charge is 2.06. The third kappa shape index (κ3) is 3.48. The maximum atomic E-state index is 13.5. The van der Waals surface area contributed by atoms with Crippen molar-refractivity contribution >= 4 is 23.0 Å². The highest BCUT2D eigenvalue weighted by Crippen LogP contribution is 2.14. The molecule has 104 valence electrons. The molecule has 20 heavy (non-hydrogen) atoms. The van der Waals surface area contributed by atoms with Crippen LogP contribution in [0, 0.1) is 18.6 Å². The van der Waals surface area contributed by atoms with Crippen molar-refractivity contribution in [3.05, 3.63) is 58.8 Å². The lowest BCUT2D eigenvalue weighted by atomic mass is 10.2. The maximum Gasteiger partial charge on any atom is 0.128 e. The normalized spacial score (nSPS) is 10.3. The molecule has 3 N–H and O–H groups in total. The molecule has 0 saturated heterocycles. The molecule has 0 atom stereocenters. The number of hydrogen-bond donors (Lipinski definition) is 2. The zero-order valence-electron chi connectivity index (χ0n) is 10.8. The lowest BCUT2D eigenvalue weighted by Crippen LogP contribution is -2.12. The van der Waals surface area contributed by atoms with Gasteiger partial charge in [-0.05, 0) is 37.3 Å². The van der Waals surface area contributed by atoms with Gasteiger partial charge < -0.3 is 11.1 Å². The average Bonchev–Trinajstić information content (AvgIpc) is 2.39. The Labute approximate surface area is 120 Å². The molecule has 1 heterocycles. The number of benzene rings is 1. The number of halogens is 2. The third-order valence-electron chi connectivity index (χ3n) is 2.71. The fourth-order valence-electron chi connectivity index (χ4n) is 1.77. The molecule has 0 bridgehead atoms. The van der Waals surface area contributed by atoms with Crippen molar-refractivity contribution in [3.8, 4) is 0 Å². The molecule has 0 saturated carbocycles. The molecule has 0 radical (unpaired) electrons. The molecule has 0 spiro atoms. The Morgan fingerprint density at radius 3 is 2.75 bits per heavy atom. The van der Waals surface area contributed by atoms with Gasteiger partial charge in [-0.25, -0.2) is 13.8 Å². The van der Waals surface area contributed by atoms with Crippen LogP contribution in [0.2, 0.25) is 0 Å². The Kier molecular flexibility index (Phi) is 4.24. The second-order valence-electron chi connectivity index (χ2n) is 4.34. The summed E-state index contributed by atoms with van der Waals surface area (Å²) in [5, 5.41) is 2.93. The standard InChI is InChI=1S/C14H13F2N3S/c1-8-4-9(14(17)20)6-13(19-8)18-7-10-5-11(15)2-3-12(10)16/h2-6H,7H2,1H3,(H2,17,20)(H,18,19). The monoisotopic (exact) mass is 293 g/mol. The van der Waals surface area contributed by atoms with Gasteiger partial charge in [-0.2, -0.15) is 0 Å². The van der Waals surface area contributed by atoms with Gasteiger partial charge in [0.1, 0.15) is 22.4 Å². The van der Waals surface area contributed by atoms with E-state index in [0.29, 0.717) is 11.4 Å². The van der Waals surface area contributed by atoms with E-state index in [-0.39, 0.29) is 17.1 Å². The van der Waals surface area contributed by atoms with Crippen LogP contribution in [0.4, 0.5) is 14.6 Å². The molecular weight excluding hydrogens is 280 g/mol. The van der Waals surface area contributed by atoms with Crippen LogP contribution < -0.4 is 11.1 Å². The van der Waals surface area contributed by atoms with Crippen LogP contribution in [0.3, 0.4) is 0 Å². The number of thiocarbonyl (C=S) groups is 1. The van der Waals surface area contributed by atoms with Crippen molar-refractivity contribution in [3.63, 3.8) is 0 Å². The molecule has 2 rings (SSSR count). The first-order valence-electron chi connectivity index (χ1n) is 5.92. The van der Waals surface area contributed by atoms with E-state index in [1.165, 1.54) is 0 Å². The first-order chi connectivity index (χ1) is 9.45. The van der Waals surface area contributed by atoms with Crippen molar-refractivity contribution in [2.75, 3.05) is 5.32 Å². The quantitative estimate of drug-likeness (QED) is 0.851. The highest BCUT2D eigenvalue weighted by molar-refractivity contribution is 7.80. The fourth-order valence-corrected chi connectivity index (χ4v) is 1.88. The summed E-state index contributed by atoms with van der Waals surface area (Å²) in [5.74, 6) is -0.443. The Morgan fingerprint density at radius 1 is 1.30 bits per heavy atom. The third-order valence-corrected chi connectivity index (χ3v) is 2.94. The fraction of sp³-hybridized carbons (Fsp3) is 0.143. The highest BCUT2D eigenvalue weighted by atomic mass is 32.1. The molecular formula is C14H13F2N3S. The summed E-state index contributed by atoms with van der Waals surface area (Å²) in [6.45, 7) is 1.92. The first kappa shape index (κ1) is 14.3. The summed E-state index contributed by atoms with van der Waals surface area (Å²) in [6, 6.07) is 6.75. The van der Waals surface area contributed by atoms with Gasteiger partial charge in [0.05, 0.1) is 0 Å². The van der Waals surface area contributed by atoms with Gasteiger partial charge in [-0.1, -0.05) is 12.2 Å².